The molecule has 106 valence electrons. The predicted octanol–water partition coefficient (Wildman–Crippen LogP) is 1.20. The summed E-state index contributed by atoms with van der Waals surface area (Å²) in [5.41, 5.74) is 0.891. The molecule has 0 bridgehead atoms. The largest absolute Gasteiger partial charge is 0.396 e. The van der Waals surface area contributed by atoms with Gasteiger partial charge in [-0.05, 0) is 32.3 Å². The first-order valence-corrected chi connectivity index (χ1v) is 6.97. The third kappa shape index (κ3) is 2.97. The highest BCUT2D eigenvalue weighted by Crippen LogP contribution is 2.32. The van der Waals surface area contributed by atoms with E-state index >= 15 is 0 Å². The summed E-state index contributed by atoms with van der Waals surface area (Å²) in [6.45, 7) is 5.95. The molecule has 1 saturated heterocycles. The van der Waals surface area contributed by atoms with E-state index in [1.165, 1.54) is 0 Å². The Morgan fingerprint density at radius 1 is 1.58 bits per heavy atom. The monoisotopic (exact) mass is 265 g/mol. The van der Waals surface area contributed by atoms with Crippen LogP contribution in [-0.4, -0.2) is 45.4 Å². The fourth-order valence-corrected chi connectivity index (χ4v) is 2.74. The first-order chi connectivity index (χ1) is 9.10. The van der Waals surface area contributed by atoms with Gasteiger partial charge in [-0.1, -0.05) is 6.92 Å². The van der Waals surface area contributed by atoms with E-state index in [1.807, 2.05) is 17.9 Å². The van der Waals surface area contributed by atoms with Gasteiger partial charge < -0.3 is 10.0 Å². The molecule has 1 fully saturated rings. The number of aliphatic hydroxyl groups is 1. The highest BCUT2D eigenvalue weighted by molar-refractivity contribution is 5.76. The minimum atomic E-state index is -0.104. The van der Waals surface area contributed by atoms with Gasteiger partial charge in [-0.2, -0.15) is 5.10 Å². The summed E-state index contributed by atoms with van der Waals surface area (Å²) in [6.07, 6.45) is 4.60. The number of carbonyl (C=O) groups excluding carboxylic acids is 1. The molecule has 1 atom stereocenters. The van der Waals surface area contributed by atoms with Gasteiger partial charge in [0, 0.05) is 30.4 Å². The molecule has 19 heavy (non-hydrogen) atoms. The number of aryl methyl sites for hydroxylation is 1. The first kappa shape index (κ1) is 14.1. The molecular weight excluding hydrogens is 242 g/mol. The molecule has 1 aromatic rings. The molecule has 5 heteroatoms. The zero-order valence-electron chi connectivity index (χ0n) is 11.8. The summed E-state index contributed by atoms with van der Waals surface area (Å²) in [6, 6.07) is 1.90. The summed E-state index contributed by atoms with van der Waals surface area (Å²) in [5.74, 6) is 0.0952. The van der Waals surface area contributed by atoms with Crippen LogP contribution >= 0.6 is 0 Å². The Kier molecular flexibility index (Phi) is 4.24. The van der Waals surface area contributed by atoms with Crippen LogP contribution in [0.1, 0.15) is 31.9 Å². The predicted molar refractivity (Wildman–Crippen MR) is 72.6 cm³/mol. The second-order valence-corrected chi connectivity index (χ2v) is 5.56. The molecule has 2 heterocycles. The number of aromatic nitrogens is 2. The lowest BCUT2D eigenvalue weighted by molar-refractivity contribution is -0.136. The SMILES string of the molecule is CC[C@@]1(CO)CCCN(C(=O)Cn2nccc2C)C1. The second-order valence-electron chi connectivity index (χ2n) is 5.56. The second kappa shape index (κ2) is 5.74. The van der Waals surface area contributed by atoms with Crippen molar-refractivity contribution in [3.63, 3.8) is 0 Å². The standard InChI is InChI=1S/C14H23N3O2/c1-3-14(11-18)6-4-8-16(10-14)13(19)9-17-12(2)5-7-15-17/h5,7,18H,3-4,6,8-11H2,1-2H3/t14-/m1/s1. The highest BCUT2D eigenvalue weighted by Gasteiger charge is 2.35. The molecule has 1 aromatic heterocycles. The van der Waals surface area contributed by atoms with E-state index in [2.05, 4.69) is 12.0 Å². The maximum atomic E-state index is 12.3. The van der Waals surface area contributed by atoms with Gasteiger partial charge in [-0.3, -0.25) is 9.48 Å². The van der Waals surface area contributed by atoms with Crippen molar-refractivity contribution in [3.8, 4) is 0 Å². The number of hydrogen-bond acceptors (Lipinski definition) is 3. The number of aliphatic hydroxyl groups excluding tert-OH is 1. The van der Waals surface area contributed by atoms with Crippen LogP contribution in [0, 0.1) is 12.3 Å². The topological polar surface area (TPSA) is 58.4 Å². The molecule has 1 N–H and O–H groups in total. The smallest absolute Gasteiger partial charge is 0.244 e. The maximum Gasteiger partial charge on any atom is 0.244 e. The summed E-state index contributed by atoms with van der Waals surface area (Å²) in [4.78, 5) is 14.2. The van der Waals surface area contributed by atoms with Crippen LogP contribution < -0.4 is 0 Å². The Morgan fingerprint density at radius 2 is 2.37 bits per heavy atom. The minimum absolute atomic E-state index is 0.0952. The number of likely N-dealkylation sites (tertiary alicyclic amines) is 1. The van der Waals surface area contributed by atoms with Crippen LogP contribution in [0.2, 0.25) is 0 Å². The van der Waals surface area contributed by atoms with Crippen molar-refractivity contribution in [3.05, 3.63) is 18.0 Å². The zero-order valence-corrected chi connectivity index (χ0v) is 11.8. The molecule has 5 nitrogen and oxygen atoms in total. The fraction of sp³-hybridized carbons (Fsp3) is 0.714. The Hall–Kier alpha value is -1.36. The highest BCUT2D eigenvalue weighted by atomic mass is 16.3. The van der Waals surface area contributed by atoms with Gasteiger partial charge in [0.25, 0.3) is 0 Å². The van der Waals surface area contributed by atoms with E-state index < -0.39 is 0 Å². The lowest BCUT2D eigenvalue weighted by Crippen LogP contribution is -2.48. The van der Waals surface area contributed by atoms with Crippen molar-refractivity contribution in [1.29, 1.82) is 0 Å². The third-order valence-electron chi connectivity index (χ3n) is 4.31. The molecule has 0 saturated carbocycles. The van der Waals surface area contributed by atoms with Crippen LogP contribution in [0.3, 0.4) is 0 Å². The van der Waals surface area contributed by atoms with Crippen molar-refractivity contribution >= 4 is 5.91 Å². The van der Waals surface area contributed by atoms with Gasteiger partial charge in [0.1, 0.15) is 6.54 Å². The Labute approximate surface area is 114 Å². The number of amides is 1. The van der Waals surface area contributed by atoms with Crippen LogP contribution in [0.15, 0.2) is 12.3 Å². The van der Waals surface area contributed by atoms with Crippen molar-refractivity contribution < 1.29 is 9.90 Å². The summed E-state index contributed by atoms with van der Waals surface area (Å²) in [5, 5.41) is 13.7. The number of piperidine rings is 1. The van der Waals surface area contributed by atoms with Gasteiger partial charge in [-0.25, -0.2) is 0 Å². The lowest BCUT2D eigenvalue weighted by atomic mass is 9.78. The van der Waals surface area contributed by atoms with Gasteiger partial charge in [0.2, 0.25) is 5.91 Å². The van der Waals surface area contributed by atoms with Crippen molar-refractivity contribution in [1.82, 2.24) is 14.7 Å². The molecule has 0 unspecified atom stereocenters. The van der Waals surface area contributed by atoms with E-state index in [0.717, 1.165) is 31.5 Å². The van der Waals surface area contributed by atoms with Crippen LogP contribution in [0.25, 0.3) is 0 Å². The third-order valence-corrected chi connectivity index (χ3v) is 4.31. The Bertz CT molecular complexity index is 438. The van der Waals surface area contributed by atoms with Crippen LogP contribution in [-0.2, 0) is 11.3 Å². The number of hydrogen-bond donors (Lipinski definition) is 1. The van der Waals surface area contributed by atoms with E-state index in [4.69, 9.17) is 0 Å². The first-order valence-electron chi connectivity index (χ1n) is 6.97. The van der Waals surface area contributed by atoms with Crippen molar-refractivity contribution in [2.24, 2.45) is 5.41 Å². The average Bonchev–Trinajstić information content (AvgIpc) is 2.84. The Balaban J connectivity index is 2.01. The molecular formula is C14H23N3O2. The molecule has 1 aliphatic heterocycles. The summed E-state index contributed by atoms with van der Waals surface area (Å²) < 4.78 is 1.73. The van der Waals surface area contributed by atoms with Gasteiger partial charge in [0.05, 0.1) is 6.61 Å². The van der Waals surface area contributed by atoms with Gasteiger partial charge >= 0.3 is 0 Å². The molecule has 0 aromatic carbocycles. The molecule has 0 aliphatic carbocycles. The molecule has 1 amide bonds. The van der Waals surface area contributed by atoms with Crippen molar-refractivity contribution in [2.75, 3.05) is 19.7 Å². The zero-order chi connectivity index (χ0) is 13.9. The quantitative estimate of drug-likeness (QED) is 0.890. The van der Waals surface area contributed by atoms with E-state index in [1.54, 1.807) is 10.9 Å². The van der Waals surface area contributed by atoms with E-state index in [0.29, 0.717) is 13.1 Å². The van der Waals surface area contributed by atoms with Crippen LogP contribution in [0.4, 0.5) is 0 Å². The van der Waals surface area contributed by atoms with Gasteiger partial charge in [0.15, 0.2) is 0 Å². The number of nitrogens with zero attached hydrogens (tertiary/aromatic N) is 3. The van der Waals surface area contributed by atoms with E-state index in [-0.39, 0.29) is 17.9 Å². The Morgan fingerprint density at radius 3 is 2.95 bits per heavy atom. The normalized spacial score (nSPS) is 23.6. The minimum Gasteiger partial charge on any atom is -0.396 e. The number of carbonyl (C=O) groups is 1. The van der Waals surface area contributed by atoms with Crippen molar-refractivity contribution in [2.45, 2.75) is 39.7 Å². The number of rotatable bonds is 4. The van der Waals surface area contributed by atoms with Crippen LogP contribution in [0.5, 0.6) is 0 Å². The van der Waals surface area contributed by atoms with E-state index in [9.17, 15) is 9.90 Å². The molecule has 1 aliphatic rings. The average molecular weight is 265 g/mol. The maximum absolute atomic E-state index is 12.3. The molecule has 0 radical (unpaired) electrons. The molecule has 2 rings (SSSR count). The van der Waals surface area contributed by atoms with Gasteiger partial charge in [-0.15, -0.1) is 0 Å². The summed E-state index contributed by atoms with van der Waals surface area (Å²) >= 11 is 0. The lowest BCUT2D eigenvalue weighted by Gasteiger charge is -2.41. The summed E-state index contributed by atoms with van der Waals surface area (Å²) in [7, 11) is 0. The molecule has 0 spiro atoms. The fourth-order valence-electron chi connectivity index (χ4n) is 2.74.